The van der Waals surface area contributed by atoms with Gasteiger partial charge in [-0.2, -0.15) is 0 Å². The first-order valence-electron chi connectivity index (χ1n) is 4.85. The molecule has 0 atom stereocenters. The van der Waals surface area contributed by atoms with Crippen molar-refractivity contribution in [2.24, 2.45) is 0 Å². The predicted molar refractivity (Wildman–Crippen MR) is 82.1 cm³/mol. The van der Waals surface area contributed by atoms with E-state index in [0.29, 0.717) is 0 Å². The van der Waals surface area contributed by atoms with E-state index in [1.54, 1.807) is 0 Å². The largest absolute Gasteiger partial charge is 0.128 e. The van der Waals surface area contributed by atoms with Crippen molar-refractivity contribution in [2.75, 3.05) is 0 Å². The number of benzene rings is 1. The summed E-state index contributed by atoms with van der Waals surface area (Å²) in [6.07, 6.45) is 0. The SMILES string of the molecule is Cc1c2cc(Br)sc2c(C)c2cc(Br)sc12. The predicted octanol–water partition coefficient (Wildman–Crippen LogP) is 6.26. The molecule has 0 bridgehead atoms. The lowest BCUT2D eigenvalue weighted by Gasteiger charge is -2.03. The maximum Gasteiger partial charge on any atom is 0.0711 e. The minimum absolute atomic E-state index is 1.21. The molecule has 0 N–H and O–H groups in total. The van der Waals surface area contributed by atoms with Crippen molar-refractivity contribution in [3.8, 4) is 0 Å². The lowest BCUT2D eigenvalue weighted by atomic mass is 10.0. The molecule has 0 saturated carbocycles. The maximum absolute atomic E-state index is 3.58. The van der Waals surface area contributed by atoms with E-state index in [9.17, 15) is 0 Å². The molecule has 0 aliphatic rings. The Morgan fingerprint density at radius 3 is 1.56 bits per heavy atom. The molecule has 4 heteroatoms. The Morgan fingerprint density at radius 1 is 0.812 bits per heavy atom. The Morgan fingerprint density at radius 2 is 1.19 bits per heavy atom. The number of aryl methyl sites for hydroxylation is 2. The Balaban J connectivity index is 2.63. The van der Waals surface area contributed by atoms with Crippen molar-refractivity contribution >= 4 is 74.7 Å². The number of halogens is 2. The van der Waals surface area contributed by atoms with Gasteiger partial charge in [-0.3, -0.25) is 0 Å². The van der Waals surface area contributed by atoms with Gasteiger partial charge in [-0.15, -0.1) is 22.7 Å². The first-order chi connectivity index (χ1) is 7.58. The van der Waals surface area contributed by atoms with Crippen molar-refractivity contribution in [1.82, 2.24) is 0 Å². The van der Waals surface area contributed by atoms with Crippen molar-refractivity contribution in [3.05, 3.63) is 30.8 Å². The third-order valence-electron chi connectivity index (χ3n) is 2.89. The van der Waals surface area contributed by atoms with Crippen LogP contribution in [0.2, 0.25) is 0 Å². The lowest BCUT2D eigenvalue weighted by Crippen LogP contribution is -1.79. The van der Waals surface area contributed by atoms with Crippen LogP contribution in [0.5, 0.6) is 0 Å². The molecule has 16 heavy (non-hydrogen) atoms. The highest BCUT2D eigenvalue weighted by atomic mass is 79.9. The molecule has 3 rings (SSSR count). The summed E-state index contributed by atoms with van der Waals surface area (Å²) in [6, 6.07) is 4.46. The van der Waals surface area contributed by atoms with E-state index in [1.807, 2.05) is 22.7 Å². The molecule has 0 saturated heterocycles. The van der Waals surface area contributed by atoms with Crippen LogP contribution in [-0.4, -0.2) is 0 Å². The van der Waals surface area contributed by atoms with Crippen molar-refractivity contribution in [3.63, 3.8) is 0 Å². The minimum atomic E-state index is 1.21. The molecular weight excluding hydrogens is 368 g/mol. The molecule has 0 radical (unpaired) electrons. The Labute approximate surface area is 119 Å². The van der Waals surface area contributed by atoms with Crippen molar-refractivity contribution < 1.29 is 0 Å². The average Bonchev–Trinajstić information content (AvgIpc) is 2.78. The first-order valence-corrected chi connectivity index (χ1v) is 8.07. The van der Waals surface area contributed by atoms with Gasteiger partial charge in [-0.25, -0.2) is 0 Å². The van der Waals surface area contributed by atoms with Gasteiger partial charge >= 0.3 is 0 Å². The molecule has 0 aliphatic carbocycles. The van der Waals surface area contributed by atoms with Crippen molar-refractivity contribution in [2.45, 2.75) is 13.8 Å². The summed E-state index contributed by atoms with van der Waals surface area (Å²) >= 11 is 10.8. The van der Waals surface area contributed by atoms with Crippen LogP contribution in [0.4, 0.5) is 0 Å². The lowest BCUT2D eigenvalue weighted by molar-refractivity contribution is 1.58. The molecule has 1 aromatic carbocycles. The summed E-state index contributed by atoms with van der Waals surface area (Å²) in [5, 5.41) is 2.77. The summed E-state index contributed by atoms with van der Waals surface area (Å²) in [7, 11) is 0. The van der Waals surface area contributed by atoms with E-state index >= 15 is 0 Å². The number of hydrogen-bond donors (Lipinski definition) is 0. The van der Waals surface area contributed by atoms with Crippen LogP contribution < -0.4 is 0 Å². The second-order valence-electron chi connectivity index (χ2n) is 3.84. The van der Waals surface area contributed by atoms with Crippen LogP contribution in [0.15, 0.2) is 19.7 Å². The maximum atomic E-state index is 3.58. The molecule has 0 nitrogen and oxygen atoms in total. The van der Waals surface area contributed by atoms with Crippen LogP contribution in [0, 0.1) is 13.8 Å². The fourth-order valence-electron chi connectivity index (χ4n) is 2.08. The Hall–Kier alpha value is 0.1000. The van der Waals surface area contributed by atoms with Crippen LogP contribution in [-0.2, 0) is 0 Å². The van der Waals surface area contributed by atoms with Crippen LogP contribution in [0.1, 0.15) is 11.1 Å². The second kappa shape index (κ2) is 3.80. The summed E-state index contributed by atoms with van der Waals surface area (Å²) in [6.45, 7) is 4.43. The molecule has 0 amide bonds. The Kier molecular flexibility index (Phi) is 2.66. The molecule has 82 valence electrons. The zero-order valence-corrected chi connectivity index (χ0v) is 13.5. The van der Waals surface area contributed by atoms with E-state index in [1.165, 1.54) is 38.9 Å². The van der Waals surface area contributed by atoms with Crippen LogP contribution in [0.25, 0.3) is 20.2 Å². The number of fused-ring (bicyclic) bond motifs is 2. The van der Waals surface area contributed by atoms with Crippen LogP contribution >= 0.6 is 54.5 Å². The van der Waals surface area contributed by atoms with Gasteiger partial charge in [-0.05, 0) is 79.7 Å². The highest BCUT2D eigenvalue weighted by molar-refractivity contribution is 9.11. The summed E-state index contributed by atoms with van der Waals surface area (Å²) < 4.78 is 5.24. The highest BCUT2D eigenvalue weighted by Gasteiger charge is 2.13. The van der Waals surface area contributed by atoms with Crippen molar-refractivity contribution in [1.29, 1.82) is 0 Å². The monoisotopic (exact) mass is 374 g/mol. The van der Waals surface area contributed by atoms with Gasteiger partial charge in [0.05, 0.1) is 7.57 Å². The number of rotatable bonds is 0. The summed E-state index contributed by atoms with van der Waals surface area (Å²) in [5.74, 6) is 0. The van der Waals surface area contributed by atoms with E-state index in [0.717, 1.165) is 0 Å². The van der Waals surface area contributed by atoms with Gasteiger partial charge in [-0.1, -0.05) is 0 Å². The first kappa shape index (κ1) is 11.2. The van der Waals surface area contributed by atoms with E-state index < -0.39 is 0 Å². The number of thiophene rings is 2. The van der Waals surface area contributed by atoms with E-state index in [4.69, 9.17) is 0 Å². The number of hydrogen-bond acceptors (Lipinski definition) is 2. The third kappa shape index (κ3) is 1.50. The molecule has 3 aromatic rings. The molecule has 2 heterocycles. The van der Waals surface area contributed by atoms with Gasteiger partial charge in [0.2, 0.25) is 0 Å². The molecule has 0 fully saturated rings. The topological polar surface area (TPSA) is 0 Å². The smallest absolute Gasteiger partial charge is 0.0711 e. The average molecular weight is 376 g/mol. The summed E-state index contributed by atoms with van der Waals surface area (Å²) in [5.41, 5.74) is 2.79. The normalized spacial score (nSPS) is 11.8. The van der Waals surface area contributed by atoms with Gasteiger partial charge in [0, 0.05) is 9.40 Å². The minimum Gasteiger partial charge on any atom is -0.128 e. The van der Waals surface area contributed by atoms with E-state index in [-0.39, 0.29) is 0 Å². The second-order valence-corrected chi connectivity index (χ2v) is 8.70. The fourth-order valence-corrected chi connectivity index (χ4v) is 5.42. The molecular formula is C12H8Br2S2. The zero-order valence-electron chi connectivity index (χ0n) is 8.73. The van der Waals surface area contributed by atoms with Gasteiger partial charge in [0.25, 0.3) is 0 Å². The molecule has 0 spiro atoms. The quantitative estimate of drug-likeness (QED) is 0.435. The van der Waals surface area contributed by atoms with Gasteiger partial charge < -0.3 is 0 Å². The van der Waals surface area contributed by atoms with Gasteiger partial charge in [0.15, 0.2) is 0 Å². The van der Waals surface area contributed by atoms with Gasteiger partial charge in [0.1, 0.15) is 0 Å². The fraction of sp³-hybridized carbons (Fsp3) is 0.167. The molecule has 0 aliphatic heterocycles. The molecule has 0 unspecified atom stereocenters. The van der Waals surface area contributed by atoms with Crippen LogP contribution in [0.3, 0.4) is 0 Å². The van der Waals surface area contributed by atoms with E-state index in [2.05, 4.69) is 57.8 Å². The standard InChI is InChI=1S/C12H8Br2S2/c1-5-7-3-9(13)16-12(7)6(2)8-4-10(14)15-11(5)8/h3-4H,1-2H3. The third-order valence-corrected chi connectivity index (χ3v) is 6.41. The Bertz CT molecular complexity index is 592. The summed E-state index contributed by atoms with van der Waals surface area (Å²) in [4.78, 5) is 0. The molecule has 2 aromatic heterocycles. The zero-order chi connectivity index (χ0) is 11.4. The highest BCUT2D eigenvalue weighted by Crippen LogP contribution is 2.43.